The van der Waals surface area contributed by atoms with Gasteiger partial charge in [-0.15, -0.1) is 0 Å². The molecule has 0 bridgehead atoms. The number of hydrogen-bond donors (Lipinski definition) is 3. The second kappa shape index (κ2) is 7.43. The standard InChI is InChI=1S/C16H12N4O4S/c1-24-13(23)7-25-16-12(6-18)14(11(5-17)15(19)20-16)8-2-9(21)4-10(22)3-8/h2-4,21-22H,7H2,1H3,(H2,19,20). The lowest BCUT2D eigenvalue weighted by Crippen LogP contribution is -2.07. The second-order valence-corrected chi connectivity index (χ2v) is 5.72. The number of methoxy groups -OCH3 is 1. The number of esters is 1. The highest BCUT2D eigenvalue weighted by molar-refractivity contribution is 7.99. The molecular formula is C16H12N4O4S. The quantitative estimate of drug-likeness (QED) is 0.549. The molecule has 2 rings (SSSR count). The number of nitriles is 2. The first-order valence-corrected chi connectivity index (χ1v) is 7.76. The van der Waals surface area contributed by atoms with Crippen molar-refractivity contribution in [3.05, 3.63) is 29.3 Å². The maximum Gasteiger partial charge on any atom is 0.316 e. The summed E-state index contributed by atoms with van der Waals surface area (Å²) in [5, 5.41) is 38.4. The van der Waals surface area contributed by atoms with Crippen molar-refractivity contribution in [2.24, 2.45) is 0 Å². The lowest BCUT2D eigenvalue weighted by molar-refractivity contribution is -0.137. The van der Waals surface area contributed by atoms with E-state index in [4.69, 9.17) is 5.73 Å². The number of phenolic OH excluding ortho intramolecular Hbond substituents is 2. The number of pyridine rings is 1. The fourth-order valence-corrected chi connectivity index (χ4v) is 2.94. The van der Waals surface area contributed by atoms with Crippen LogP contribution in [-0.2, 0) is 9.53 Å². The third-order valence-electron chi connectivity index (χ3n) is 3.16. The number of hydrogen-bond acceptors (Lipinski definition) is 9. The van der Waals surface area contributed by atoms with E-state index in [0.29, 0.717) is 0 Å². The summed E-state index contributed by atoms with van der Waals surface area (Å²) >= 11 is 0.932. The van der Waals surface area contributed by atoms with Crippen molar-refractivity contribution in [1.82, 2.24) is 4.98 Å². The van der Waals surface area contributed by atoms with E-state index in [0.717, 1.165) is 17.8 Å². The molecular weight excluding hydrogens is 344 g/mol. The number of phenols is 2. The van der Waals surface area contributed by atoms with Crippen LogP contribution < -0.4 is 5.73 Å². The number of nitrogens with two attached hydrogens (primary N) is 1. The van der Waals surface area contributed by atoms with E-state index in [1.54, 1.807) is 0 Å². The van der Waals surface area contributed by atoms with Crippen LogP contribution in [0.4, 0.5) is 5.82 Å². The van der Waals surface area contributed by atoms with Crippen LogP contribution in [0.5, 0.6) is 11.5 Å². The number of anilines is 1. The Morgan fingerprint density at radius 1 is 1.24 bits per heavy atom. The van der Waals surface area contributed by atoms with Crippen LogP contribution in [0.2, 0.25) is 0 Å². The summed E-state index contributed by atoms with van der Waals surface area (Å²) in [5.41, 5.74) is 6.09. The van der Waals surface area contributed by atoms with Crippen molar-refractivity contribution in [1.29, 1.82) is 10.5 Å². The van der Waals surface area contributed by atoms with Crippen molar-refractivity contribution in [2.75, 3.05) is 18.6 Å². The minimum absolute atomic E-state index is 0.00431. The topological polar surface area (TPSA) is 153 Å². The Balaban J connectivity index is 2.72. The lowest BCUT2D eigenvalue weighted by atomic mass is 9.96. The zero-order chi connectivity index (χ0) is 18.6. The SMILES string of the molecule is COC(=O)CSc1nc(N)c(C#N)c(-c2cc(O)cc(O)c2)c1C#N. The van der Waals surface area contributed by atoms with Crippen LogP contribution in [-0.4, -0.2) is 34.0 Å². The van der Waals surface area contributed by atoms with Gasteiger partial charge in [0.05, 0.1) is 18.4 Å². The van der Waals surface area contributed by atoms with Crippen LogP contribution in [0.3, 0.4) is 0 Å². The third-order valence-corrected chi connectivity index (χ3v) is 4.11. The number of ether oxygens (including phenoxy) is 1. The van der Waals surface area contributed by atoms with Gasteiger partial charge in [-0.25, -0.2) is 4.98 Å². The summed E-state index contributed by atoms with van der Waals surface area (Å²) in [6, 6.07) is 7.49. The summed E-state index contributed by atoms with van der Waals surface area (Å²) in [5.74, 6) is -1.25. The number of rotatable bonds is 4. The van der Waals surface area contributed by atoms with Crippen molar-refractivity contribution in [3.8, 4) is 34.8 Å². The van der Waals surface area contributed by atoms with E-state index in [1.165, 1.54) is 19.2 Å². The molecule has 0 unspecified atom stereocenters. The summed E-state index contributed by atoms with van der Waals surface area (Å²) in [7, 11) is 1.23. The highest BCUT2D eigenvalue weighted by Gasteiger charge is 2.22. The maximum absolute atomic E-state index is 11.3. The number of carbonyl (C=O) groups excluding carboxylic acids is 1. The van der Waals surface area contributed by atoms with Gasteiger partial charge in [-0.3, -0.25) is 4.79 Å². The fourth-order valence-electron chi connectivity index (χ4n) is 2.12. The molecule has 4 N–H and O–H groups in total. The molecule has 0 amide bonds. The Kier molecular flexibility index (Phi) is 5.32. The van der Waals surface area contributed by atoms with Gasteiger partial charge in [-0.05, 0) is 17.7 Å². The minimum Gasteiger partial charge on any atom is -0.508 e. The summed E-state index contributed by atoms with van der Waals surface area (Å²) in [4.78, 5) is 15.3. The van der Waals surface area contributed by atoms with Crippen LogP contribution in [0.15, 0.2) is 23.2 Å². The van der Waals surface area contributed by atoms with Gasteiger partial charge in [0.15, 0.2) is 0 Å². The van der Waals surface area contributed by atoms with E-state index >= 15 is 0 Å². The number of benzene rings is 1. The Bertz CT molecular complexity index is 911. The zero-order valence-electron chi connectivity index (χ0n) is 13.0. The molecule has 9 heteroatoms. The number of thioether (sulfide) groups is 1. The molecule has 0 aliphatic rings. The Hall–Kier alpha value is -3.43. The maximum atomic E-state index is 11.3. The molecule has 25 heavy (non-hydrogen) atoms. The first-order valence-electron chi connectivity index (χ1n) is 6.78. The molecule has 0 atom stereocenters. The van der Waals surface area contributed by atoms with Gasteiger partial charge in [0.25, 0.3) is 0 Å². The highest BCUT2D eigenvalue weighted by Crippen LogP contribution is 2.38. The molecule has 1 aromatic heterocycles. The lowest BCUT2D eigenvalue weighted by Gasteiger charge is -2.13. The van der Waals surface area contributed by atoms with Crippen LogP contribution >= 0.6 is 11.8 Å². The number of aromatic hydroxyl groups is 2. The number of nitrogens with zero attached hydrogens (tertiary/aromatic N) is 3. The van der Waals surface area contributed by atoms with E-state index in [9.17, 15) is 25.5 Å². The van der Waals surface area contributed by atoms with Crippen molar-refractivity contribution in [3.63, 3.8) is 0 Å². The predicted octanol–water partition coefficient (Wildman–Crippen LogP) is 1.75. The van der Waals surface area contributed by atoms with Crippen LogP contribution in [0.1, 0.15) is 11.1 Å². The smallest absolute Gasteiger partial charge is 0.316 e. The monoisotopic (exact) mass is 356 g/mol. The van der Waals surface area contributed by atoms with E-state index < -0.39 is 5.97 Å². The van der Waals surface area contributed by atoms with Gasteiger partial charge >= 0.3 is 5.97 Å². The normalized spacial score (nSPS) is 9.88. The van der Waals surface area contributed by atoms with Crippen LogP contribution in [0, 0.1) is 22.7 Å². The molecule has 1 aromatic carbocycles. The van der Waals surface area contributed by atoms with Gasteiger partial charge in [0.2, 0.25) is 0 Å². The van der Waals surface area contributed by atoms with Gasteiger partial charge in [-0.1, -0.05) is 11.8 Å². The number of carbonyl (C=O) groups is 1. The molecule has 0 radical (unpaired) electrons. The molecule has 0 saturated heterocycles. The molecule has 0 aliphatic carbocycles. The Morgan fingerprint density at radius 3 is 2.36 bits per heavy atom. The van der Waals surface area contributed by atoms with Gasteiger partial charge < -0.3 is 20.7 Å². The molecule has 0 saturated carbocycles. The third kappa shape index (κ3) is 3.74. The summed E-state index contributed by atoms with van der Waals surface area (Å²) in [6.45, 7) is 0. The van der Waals surface area contributed by atoms with Crippen molar-refractivity contribution >= 4 is 23.5 Å². The van der Waals surface area contributed by atoms with E-state index in [2.05, 4.69) is 9.72 Å². The van der Waals surface area contributed by atoms with Gasteiger partial charge in [0.1, 0.15) is 40.0 Å². The molecule has 1 heterocycles. The molecule has 8 nitrogen and oxygen atoms in total. The first-order chi connectivity index (χ1) is 11.9. The largest absolute Gasteiger partial charge is 0.508 e. The molecule has 0 fully saturated rings. The molecule has 0 spiro atoms. The minimum atomic E-state index is -0.518. The Labute approximate surface area is 147 Å². The molecule has 126 valence electrons. The fraction of sp³-hybridized carbons (Fsp3) is 0.125. The molecule has 0 aliphatic heterocycles. The average molecular weight is 356 g/mol. The van der Waals surface area contributed by atoms with Crippen molar-refractivity contribution < 1.29 is 19.7 Å². The van der Waals surface area contributed by atoms with Crippen LogP contribution in [0.25, 0.3) is 11.1 Å². The average Bonchev–Trinajstić information content (AvgIpc) is 2.57. The number of nitrogen functional groups attached to an aromatic ring is 1. The first kappa shape index (κ1) is 17.9. The van der Waals surface area contributed by atoms with E-state index in [-0.39, 0.29) is 50.3 Å². The van der Waals surface area contributed by atoms with Crippen molar-refractivity contribution in [2.45, 2.75) is 5.03 Å². The van der Waals surface area contributed by atoms with Gasteiger partial charge in [-0.2, -0.15) is 10.5 Å². The van der Waals surface area contributed by atoms with Gasteiger partial charge in [0, 0.05) is 11.6 Å². The molecule has 2 aromatic rings. The Morgan fingerprint density at radius 2 is 1.84 bits per heavy atom. The summed E-state index contributed by atoms with van der Waals surface area (Å²) < 4.78 is 4.55. The summed E-state index contributed by atoms with van der Waals surface area (Å²) in [6.07, 6.45) is 0. The highest BCUT2D eigenvalue weighted by atomic mass is 32.2. The zero-order valence-corrected chi connectivity index (χ0v) is 13.8. The number of aromatic nitrogens is 1. The van der Waals surface area contributed by atoms with E-state index in [1.807, 2.05) is 12.1 Å². The predicted molar refractivity (Wildman–Crippen MR) is 89.6 cm³/mol. The second-order valence-electron chi connectivity index (χ2n) is 4.75.